The minimum absolute atomic E-state index is 0.607. The molecule has 0 aliphatic heterocycles. The summed E-state index contributed by atoms with van der Waals surface area (Å²) in [6.45, 7) is 0. The van der Waals surface area contributed by atoms with E-state index in [1.807, 2.05) is 0 Å². The highest BCUT2D eigenvalue weighted by Gasteiger charge is 2.57. The molecule has 25 heavy (non-hydrogen) atoms. The quantitative estimate of drug-likeness (QED) is 0.554. The van der Waals surface area contributed by atoms with Crippen molar-refractivity contribution in [3.8, 4) is 11.5 Å². The van der Waals surface area contributed by atoms with Gasteiger partial charge in [0.1, 0.15) is 11.5 Å². The largest absolute Gasteiger partial charge is 0.512 e. The van der Waals surface area contributed by atoms with E-state index in [1.165, 1.54) is 51.4 Å². The van der Waals surface area contributed by atoms with E-state index in [2.05, 4.69) is 60.7 Å². The van der Waals surface area contributed by atoms with Crippen molar-refractivity contribution in [2.24, 2.45) is 0 Å². The van der Waals surface area contributed by atoms with Gasteiger partial charge in [0.25, 0.3) is 0 Å². The SMILES string of the molecule is c1ccc(O[Si](Oc2ccccc2)(C2CCCC2)C2CCCC2)cc1. The van der Waals surface area contributed by atoms with Crippen molar-refractivity contribution >= 4 is 8.56 Å². The van der Waals surface area contributed by atoms with Crippen molar-refractivity contribution < 1.29 is 8.85 Å². The summed E-state index contributed by atoms with van der Waals surface area (Å²) in [5.74, 6) is 1.98. The molecule has 0 atom stereocenters. The summed E-state index contributed by atoms with van der Waals surface area (Å²) < 4.78 is 13.8. The van der Waals surface area contributed by atoms with Crippen LogP contribution in [0, 0.1) is 0 Å². The number of rotatable bonds is 6. The zero-order valence-corrected chi connectivity index (χ0v) is 15.9. The third-order valence-corrected chi connectivity index (χ3v) is 10.4. The van der Waals surface area contributed by atoms with Gasteiger partial charge in [-0.25, -0.2) is 0 Å². The van der Waals surface area contributed by atoms with Crippen LogP contribution < -0.4 is 8.85 Å². The minimum Gasteiger partial charge on any atom is -0.512 e. The highest BCUT2D eigenvalue weighted by molar-refractivity contribution is 6.72. The summed E-state index contributed by atoms with van der Waals surface area (Å²) in [6, 6.07) is 20.8. The molecule has 0 aromatic heterocycles. The summed E-state index contributed by atoms with van der Waals surface area (Å²) >= 11 is 0. The standard InChI is InChI=1S/C22H28O2Si/c1-3-11-19(12-4-1)23-25(21-15-7-8-16-21,22-17-9-10-18-22)24-20-13-5-2-6-14-20/h1-6,11-14,21-22H,7-10,15-18H2. The van der Waals surface area contributed by atoms with Gasteiger partial charge in [0.05, 0.1) is 0 Å². The Morgan fingerprint density at radius 2 is 0.920 bits per heavy atom. The van der Waals surface area contributed by atoms with Gasteiger partial charge in [-0.2, -0.15) is 0 Å². The Morgan fingerprint density at radius 1 is 0.560 bits per heavy atom. The van der Waals surface area contributed by atoms with E-state index in [4.69, 9.17) is 8.85 Å². The summed E-state index contributed by atoms with van der Waals surface area (Å²) in [6.07, 6.45) is 10.4. The van der Waals surface area contributed by atoms with Crippen LogP contribution in [0.25, 0.3) is 0 Å². The number of hydrogen-bond donors (Lipinski definition) is 0. The van der Waals surface area contributed by atoms with Crippen molar-refractivity contribution in [3.63, 3.8) is 0 Å². The normalized spacial score (nSPS) is 19.2. The summed E-state index contributed by atoms with van der Waals surface area (Å²) in [5, 5.41) is 0. The maximum atomic E-state index is 6.89. The maximum Gasteiger partial charge on any atom is 0.466 e. The fourth-order valence-corrected chi connectivity index (χ4v) is 9.50. The Bertz CT molecular complexity index is 587. The zero-order valence-electron chi connectivity index (χ0n) is 14.9. The second kappa shape index (κ2) is 7.65. The van der Waals surface area contributed by atoms with Crippen LogP contribution in [0.5, 0.6) is 11.5 Å². The molecule has 2 aliphatic carbocycles. The molecular formula is C22H28O2Si. The van der Waals surface area contributed by atoms with Gasteiger partial charge in [-0.05, 0) is 49.9 Å². The van der Waals surface area contributed by atoms with Crippen molar-refractivity contribution in [1.29, 1.82) is 0 Å². The Labute approximate surface area is 152 Å². The molecule has 0 radical (unpaired) electrons. The van der Waals surface area contributed by atoms with Crippen LogP contribution in [0.4, 0.5) is 0 Å². The van der Waals surface area contributed by atoms with E-state index in [1.54, 1.807) is 0 Å². The van der Waals surface area contributed by atoms with Gasteiger partial charge in [0, 0.05) is 11.1 Å². The van der Waals surface area contributed by atoms with Crippen LogP contribution in [0.1, 0.15) is 51.4 Å². The molecule has 0 heterocycles. The molecule has 2 fully saturated rings. The van der Waals surface area contributed by atoms with Crippen molar-refractivity contribution in [2.75, 3.05) is 0 Å². The van der Waals surface area contributed by atoms with Crippen LogP contribution in [-0.2, 0) is 0 Å². The molecule has 0 N–H and O–H groups in total. The van der Waals surface area contributed by atoms with Gasteiger partial charge in [-0.15, -0.1) is 0 Å². The fraction of sp³-hybridized carbons (Fsp3) is 0.455. The minimum atomic E-state index is -2.41. The fourth-order valence-electron chi connectivity index (χ4n) is 4.69. The lowest BCUT2D eigenvalue weighted by molar-refractivity contribution is 0.335. The highest BCUT2D eigenvalue weighted by Crippen LogP contribution is 2.51. The first-order valence-electron chi connectivity index (χ1n) is 9.85. The molecule has 0 spiro atoms. The maximum absolute atomic E-state index is 6.89. The van der Waals surface area contributed by atoms with Crippen molar-refractivity contribution in [3.05, 3.63) is 60.7 Å². The summed E-state index contributed by atoms with van der Waals surface area (Å²) in [5.41, 5.74) is 1.21. The topological polar surface area (TPSA) is 18.5 Å². The number of benzene rings is 2. The predicted octanol–water partition coefficient (Wildman–Crippen LogP) is 6.48. The second-order valence-corrected chi connectivity index (χ2v) is 11.0. The Balaban J connectivity index is 1.72. The van der Waals surface area contributed by atoms with Crippen LogP contribution in [0.3, 0.4) is 0 Å². The zero-order chi connectivity index (χ0) is 17.0. The van der Waals surface area contributed by atoms with Crippen molar-refractivity contribution in [2.45, 2.75) is 62.4 Å². The number of para-hydroxylation sites is 2. The predicted molar refractivity (Wildman–Crippen MR) is 104 cm³/mol. The lowest BCUT2D eigenvalue weighted by Crippen LogP contribution is -2.55. The molecule has 4 rings (SSSR count). The molecule has 3 heteroatoms. The Kier molecular flexibility index (Phi) is 5.11. The molecule has 0 saturated heterocycles. The first kappa shape index (κ1) is 16.7. The third-order valence-electron chi connectivity index (χ3n) is 5.89. The molecule has 0 amide bonds. The average Bonchev–Trinajstić information content (AvgIpc) is 3.37. The lowest BCUT2D eigenvalue weighted by Gasteiger charge is -2.40. The molecule has 132 valence electrons. The molecule has 2 aromatic rings. The monoisotopic (exact) mass is 352 g/mol. The van der Waals surface area contributed by atoms with Gasteiger partial charge < -0.3 is 8.85 Å². The molecular weight excluding hydrogens is 324 g/mol. The first-order valence-corrected chi connectivity index (χ1v) is 11.8. The van der Waals surface area contributed by atoms with Crippen LogP contribution in [0.15, 0.2) is 60.7 Å². The van der Waals surface area contributed by atoms with Gasteiger partial charge in [0.15, 0.2) is 0 Å². The third kappa shape index (κ3) is 3.62. The highest BCUT2D eigenvalue weighted by atomic mass is 28.4. The van der Waals surface area contributed by atoms with E-state index in [0.717, 1.165) is 11.5 Å². The summed E-state index contributed by atoms with van der Waals surface area (Å²) in [4.78, 5) is 0. The Hall–Kier alpha value is -1.74. The first-order chi connectivity index (χ1) is 12.4. The molecule has 0 bridgehead atoms. The van der Waals surface area contributed by atoms with Gasteiger partial charge in [-0.1, -0.05) is 62.1 Å². The van der Waals surface area contributed by atoms with E-state index in [-0.39, 0.29) is 0 Å². The summed E-state index contributed by atoms with van der Waals surface area (Å²) in [7, 11) is -2.41. The van der Waals surface area contributed by atoms with E-state index in [9.17, 15) is 0 Å². The lowest BCUT2D eigenvalue weighted by atomic mass is 10.3. The molecule has 2 saturated carbocycles. The van der Waals surface area contributed by atoms with Gasteiger partial charge in [0.2, 0.25) is 0 Å². The molecule has 2 nitrogen and oxygen atoms in total. The van der Waals surface area contributed by atoms with Crippen molar-refractivity contribution in [1.82, 2.24) is 0 Å². The molecule has 0 unspecified atom stereocenters. The van der Waals surface area contributed by atoms with E-state index < -0.39 is 8.56 Å². The van der Waals surface area contributed by atoms with Gasteiger partial charge in [-0.3, -0.25) is 0 Å². The van der Waals surface area contributed by atoms with Crippen LogP contribution in [0.2, 0.25) is 11.1 Å². The molecule has 2 aromatic carbocycles. The Morgan fingerprint density at radius 3 is 1.28 bits per heavy atom. The average molecular weight is 353 g/mol. The second-order valence-electron chi connectivity index (χ2n) is 7.51. The number of hydrogen-bond acceptors (Lipinski definition) is 2. The van der Waals surface area contributed by atoms with E-state index >= 15 is 0 Å². The van der Waals surface area contributed by atoms with Crippen LogP contribution >= 0.6 is 0 Å². The smallest absolute Gasteiger partial charge is 0.466 e. The molecule has 2 aliphatic rings. The van der Waals surface area contributed by atoms with E-state index in [0.29, 0.717) is 11.1 Å². The van der Waals surface area contributed by atoms with Gasteiger partial charge >= 0.3 is 8.56 Å². The van der Waals surface area contributed by atoms with Crippen LogP contribution in [-0.4, -0.2) is 8.56 Å².